The van der Waals surface area contributed by atoms with Crippen molar-refractivity contribution < 1.29 is 9.50 Å². The number of halogens is 1. The van der Waals surface area contributed by atoms with Gasteiger partial charge < -0.3 is 5.11 Å². The van der Waals surface area contributed by atoms with Gasteiger partial charge in [0.05, 0.1) is 6.61 Å². The normalized spacial score (nSPS) is 11.5. The van der Waals surface area contributed by atoms with Crippen LogP contribution in [0.1, 0.15) is 18.9 Å². The van der Waals surface area contributed by atoms with Crippen LogP contribution in [0, 0.1) is 5.82 Å². The molecule has 0 heterocycles. The lowest BCUT2D eigenvalue weighted by atomic mass is 10.2. The summed E-state index contributed by atoms with van der Waals surface area (Å²) in [7, 11) is 0. The van der Waals surface area contributed by atoms with Crippen LogP contribution >= 0.6 is 0 Å². The van der Waals surface area contributed by atoms with E-state index in [4.69, 9.17) is 5.11 Å². The van der Waals surface area contributed by atoms with Gasteiger partial charge in [-0.05, 0) is 30.7 Å². The highest BCUT2D eigenvalue weighted by Gasteiger charge is 1.99. The van der Waals surface area contributed by atoms with Gasteiger partial charge in [-0.1, -0.05) is 31.2 Å². The van der Waals surface area contributed by atoms with E-state index in [1.54, 1.807) is 12.1 Å². The van der Waals surface area contributed by atoms with Gasteiger partial charge in [0, 0.05) is 13.1 Å². The fourth-order valence-electron chi connectivity index (χ4n) is 1.66. The molecular weight excluding hydrogens is 217 g/mol. The van der Waals surface area contributed by atoms with Crippen LogP contribution in [0.4, 0.5) is 4.39 Å². The van der Waals surface area contributed by atoms with Crippen molar-refractivity contribution >= 4 is 6.08 Å². The average molecular weight is 237 g/mol. The maximum absolute atomic E-state index is 12.7. The molecule has 1 aromatic carbocycles. The number of aliphatic hydroxyl groups excluding tert-OH is 1. The predicted octanol–water partition coefficient (Wildman–Crippen LogP) is 2.54. The smallest absolute Gasteiger partial charge is 0.123 e. The Balaban J connectivity index is 2.44. The van der Waals surface area contributed by atoms with Crippen molar-refractivity contribution in [2.45, 2.75) is 13.3 Å². The zero-order valence-corrected chi connectivity index (χ0v) is 10.3. The van der Waals surface area contributed by atoms with Gasteiger partial charge in [-0.15, -0.1) is 0 Å². The Kier molecular flexibility index (Phi) is 6.51. The van der Waals surface area contributed by atoms with E-state index in [9.17, 15) is 4.39 Å². The minimum Gasteiger partial charge on any atom is -0.395 e. The summed E-state index contributed by atoms with van der Waals surface area (Å²) >= 11 is 0. The summed E-state index contributed by atoms with van der Waals surface area (Å²) in [6, 6.07) is 6.42. The van der Waals surface area contributed by atoms with Crippen molar-refractivity contribution in [3.63, 3.8) is 0 Å². The Morgan fingerprint density at radius 2 is 1.94 bits per heavy atom. The number of hydrogen-bond acceptors (Lipinski definition) is 2. The maximum Gasteiger partial charge on any atom is 0.123 e. The Bertz CT molecular complexity index is 329. The number of rotatable bonds is 7. The van der Waals surface area contributed by atoms with Crippen LogP contribution in [0.15, 0.2) is 30.3 Å². The Hall–Kier alpha value is -1.19. The number of benzene rings is 1. The predicted molar refractivity (Wildman–Crippen MR) is 69.3 cm³/mol. The molecule has 1 N–H and O–H groups in total. The van der Waals surface area contributed by atoms with Gasteiger partial charge in [-0.3, -0.25) is 4.90 Å². The van der Waals surface area contributed by atoms with E-state index in [0.29, 0.717) is 6.54 Å². The van der Waals surface area contributed by atoms with Gasteiger partial charge in [0.25, 0.3) is 0 Å². The van der Waals surface area contributed by atoms with Gasteiger partial charge in [-0.2, -0.15) is 0 Å². The molecule has 0 saturated heterocycles. The van der Waals surface area contributed by atoms with E-state index in [1.165, 1.54) is 12.1 Å². The molecule has 0 saturated carbocycles. The second kappa shape index (κ2) is 7.98. The highest BCUT2D eigenvalue weighted by atomic mass is 19.1. The monoisotopic (exact) mass is 237 g/mol. The first-order chi connectivity index (χ1) is 8.26. The van der Waals surface area contributed by atoms with Crippen molar-refractivity contribution in [3.05, 3.63) is 41.7 Å². The highest BCUT2D eigenvalue weighted by Crippen LogP contribution is 2.04. The van der Waals surface area contributed by atoms with Crippen LogP contribution in [-0.4, -0.2) is 36.2 Å². The van der Waals surface area contributed by atoms with Crippen molar-refractivity contribution in [2.24, 2.45) is 0 Å². The molecule has 94 valence electrons. The summed E-state index contributed by atoms with van der Waals surface area (Å²) in [5, 5.41) is 8.90. The fraction of sp³-hybridized carbons (Fsp3) is 0.429. The Morgan fingerprint density at radius 1 is 1.24 bits per heavy atom. The highest BCUT2D eigenvalue weighted by molar-refractivity contribution is 5.48. The van der Waals surface area contributed by atoms with E-state index in [-0.39, 0.29) is 12.4 Å². The maximum atomic E-state index is 12.7. The topological polar surface area (TPSA) is 23.5 Å². The Morgan fingerprint density at radius 3 is 2.53 bits per heavy atom. The zero-order chi connectivity index (χ0) is 12.5. The average Bonchev–Trinajstić information content (AvgIpc) is 2.32. The van der Waals surface area contributed by atoms with Crippen LogP contribution in [0.25, 0.3) is 6.08 Å². The molecule has 0 radical (unpaired) electrons. The number of hydrogen-bond donors (Lipinski definition) is 1. The summed E-state index contributed by atoms with van der Waals surface area (Å²) in [4.78, 5) is 2.18. The van der Waals surface area contributed by atoms with Crippen molar-refractivity contribution in [1.29, 1.82) is 0 Å². The fourth-order valence-corrected chi connectivity index (χ4v) is 1.66. The van der Waals surface area contributed by atoms with E-state index < -0.39 is 0 Å². The first kappa shape index (κ1) is 13.9. The molecule has 0 spiro atoms. The second-order valence-electron chi connectivity index (χ2n) is 3.98. The molecule has 2 nitrogen and oxygen atoms in total. The molecule has 1 rings (SSSR count). The summed E-state index contributed by atoms with van der Waals surface area (Å²) < 4.78 is 12.7. The quantitative estimate of drug-likeness (QED) is 0.787. The van der Waals surface area contributed by atoms with E-state index in [0.717, 1.165) is 25.1 Å². The zero-order valence-electron chi connectivity index (χ0n) is 10.3. The van der Waals surface area contributed by atoms with Crippen LogP contribution in [0.5, 0.6) is 0 Å². The SMILES string of the molecule is CCCN(C/C=C/c1ccc(F)cc1)CCO. The van der Waals surface area contributed by atoms with Gasteiger partial charge in [0.15, 0.2) is 0 Å². The lowest BCUT2D eigenvalue weighted by Gasteiger charge is -2.18. The van der Waals surface area contributed by atoms with Crippen LogP contribution < -0.4 is 0 Å². The van der Waals surface area contributed by atoms with Gasteiger partial charge in [0.2, 0.25) is 0 Å². The lowest BCUT2D eigenvalue weighted by Crippen LogP contribution is -2.27. The molecule has 0 amide bonds. The van der Waals surface area contributed by atoms with Crippen LogP contribution in [-0.2, 0) is 0 Å². The third-order valence-electron chi connectivity index (χ3n) is 2.50. The first-order valence-corrected chi connectivity index (χ1v) is 6.01. The molecule has 0 aromatic heterocycles. The standard InChI is InChI=1S/C14H20FNO/c1-2-9-16(11-12-17)10-3-4-13-5-7-14(15)8-6-13/h3-8,17H,2,9-12H2,1H3/b4-3+. The molecule has 0 aliphatic rings. The largest absolute Gasteiger partial charge is 0.395 e. The summed E-state index contributed by atoms with van der Waals surface area (Å²) in [5.74, 6) is -0.213. The molecule has 0 unspecified atom stereocenters. The molecular formula is C14H20FNO. The van der Waals surface area contributed by atoms with Gasteiger partial charge in [0.1, 0.15) is 5.82 Å². The van der Waals surface area contributed by atoms with Crippen molar-refractivity contribution in [3.8, 4) is 0 Å². The second-order valence-corrected chi connectivity index (χ2v) is 3.98. The molecule has 3 heteroatoms. The first-order valence-electron chi connectivity index (χ1n) is 6.01. The molecule has 0 atom stereocenters. The van der Waals surface area contributed by atoms with Crippen LogP contribution in [0.3, 0.4) is 0 Å². The minimum atomic E-state index is -0.213. The molecule has 17 heavy (non-hydrogen) atoms. The number of aliphatic hydroxyl groups is 1. The summed E-state index contributed by atoms with van der Waals surface area (Å²) in [6.07, 6.45) is 5.09. The molecule has 0 aliphatic carbocycles. The van der Waals surface area contributed by atoms with Crippen LogP contribution in [0.2, 0.25) is 0 Å². The molecule has 0 fully saturated rings. The van der Waals surface area contributed by atoms with E-state index in [2.05, 4.69) is 11.8 Å². The Labute approximate surface area is 102 Å². The van der Waals surface area contributed by atoms with E-state index in [1.807, 2.05) is 12.2 Å². The van der Waals surface area contributed by atoms with Crippen molar-refractivity contribution in [2.75, 3.05) is 26.2 Å². The number of nitrogens with zero attached hydrogens (tertiary/aromatic N) is 1. The summed E-state index contributed by atoms with van der Waals surface area (Å²) in [6.45, 7) is 4.79. The molecule has 1 aromatic rings. The molecule has 0 bridgehead atoms. The lowest BCUT2D eigenvalue weighted by molar-refractivity contribution is 0.209. The van der Waals surface area contributed by atoms with E-state index >= 15 is 0 Å². The van der Waals surface area contributed by atoms with Gasteiger partial charge >= 0.3 is 0 Å². The van der Waals surface area contributed by atoms with Gasteiger partial charge in [-0.25, -0.2) is 4.39 Å². The third kappa shape index (κ3) is 5.61. The molecule has 0 aliphatic heterocycles. The summed E-state index contributed by atoms with van der Waals surface area (Å²) in [5.41, 5.74) is 0.992. The third-order valence-corrected chi connectivity index (χ3v) is 2.50. The minimum absolute atomic E-state index is 0.185. The van der Waals surface area contributed by atoms with Crippen molar-refractivity contribution in [1.82, 2.24) is 4.90 Å².